The van der Waals surface area contributed by atoms with Gasteiger partial charge in [-0.05, 0) is 33.5 Å². The van der Waals surface area contributed by atoms with Gasteiger partial charge in [-0.25, -0.2) is 0 Å². The van der Waals surface area contributed by atoms with E-state index in [9.17, 15) is 4.79 Å². The number of piperazine rings is 1. The van der Waals surface area contributed by atoms with Gasteiger partial charge >= 0.3 is 0 Å². The van der Waals surface area contributed by atoms with Gasteiger partial charge in [0.2, 0.25) is 0 Å². The van der Waals surface area contributed by atoms with Crippen molar-refractivity contribution in [3.05, 3.63) is 0 Å². The average molecular weight is 255 g/mol. The maximum atomic E-state index is 10.2. The van der Waals surface area contributed by atoms with Crippen molar-refractivity contribution >= 4 is 6.29 Å². The molecule has 1 saturated heterocycles. The van der Waals surface area contributed by atoms with E-state index in [0.29, 0.717) is 0 Å². The summed E-state index contributed by atoms with van der Waals surface area (Å²) < 4.78 is 0. The van der Waals surface area contributed by atoms with E-state index in [1.807, 2.05) is 0 Å². The lowest BCUT2D eigenvalue weighted by Gasteiger charge is -2.33. The molecule has 0 bridgehead atoms. The van der Waals surface area contributed by atoms with Gasteiger partial charge in [-0.15, -0.1) is 0 Å². The molecule has 0 aromatic carbocycles. The first-order chi connectivity index (χ1) is 8.72. The summed E-state index contributed by atoms with van der Waals surface area (Å²) in [5.41, 5.74) is 0. The number of unbranched alkanes of at least 4 members (excludes halogenated alkanes) is 3. The quantitative estimate of drug-likeness (QED) is 0.452. The predicted octanol–water partition coefficient (Wildman–Crippen LogP) is 0.925. The first-order valence-electron chi connectivity index (χ1n) is 7.25. The summed E-state index contributed by atoms with van der Waals surface area (Å²) in [6, 6.07) is 0. The molecule has 0 amide bonds. The van der Waals surface area contributed by atoms with Crippen LogP contribution in [-0.4, -0.2) is 80.9 Å². The molecule has 0 aliphatic carbocycles. The highest BCUT2D eigenvalue weighted by Gasteiger charge is 2.13. The Bertz CT molecular complexity index is 215. The van der Waals surface area contributed by atoms with Gasteiger partial charge < -0.3 is 14.6 Å². The van der Waals surface area contributed by atoms with Gasteiger partial charge in [-0.3, -0.25) is 4.90 Å². The van der Waals surface area contributed by atoms with Crippen LogP contribution in [0.3, 0.4) is 0 Å². The minimum absolute atomic E-state index is 0.727. The Morgan fingerprint density at radius 3 is 2.44 bits per heavy atom. The molecular formula is C14H29N3O. The van der Waals surface area contributed by atoms with Crippen LogP contribution >= 0.6 is 0 Å². The Hall–Kier alpha value is -0.450. The zero-order chi connectivity index (χ0) is 13.2. The van der Waals surface area contributed by atoms with Crippen LogP contribution in [0.2, 0.25) is 0 Å². The molecule has 1 aliphatic rings. The summed E-state index contributed by atoms with van der Waals surface area (Å²) in [6.07, 6.45) is 5.20. The van der Waals surface area contributed by atoms with E-state index in [4.69, 9.17) is 0 Å². The SMILES string of the molecule is CN(CCCCCC=O)CCN1CCN(C)CC1. The van der Waals surface area contributed by atoms with Crippen molar-refractivity contribution in [3.8, 4) is 0 Å². The van der Waals surface area contributed by atoms with Crippen LogP contribution in [0.15, 0.2) is 0 Å². The van der Waals surface area contributed by atoms with Crippen molar-refractivity contribution in [1.82, 2.24) is 14.7 Å². The maximum Gasteiger partial charge on any atom is 0.119 e. The van der Waals surface area contributed by atoms with Crippen molar-refractivity contribution in [1.29, 1.82) is 0 Å². The van der Waals surface area contributed by atoms with E-state index < -0.39 is 0 Å². The predicted molar refractivity (Wildman–Crippen MR) is 76.0 cm³/mol. The molecule has 0 atom stereocenters. The molecule has 18 heavy (non-hydrogen) atoms. The second-order valence-electron chi connectivity index (χ2n) is 5.46. The second-order valence-corrected chi connectivity index (χ2v) is 5.46. The molecule has 0 N–H and O–H groups in total. The van der Waals surface area contributed by atoms with E-state index in [2.05, 4.69) is 28.8 Å². The zero-order valence-electron chi connectivity index (χ0n) is 12.1. The smallest absolute Gasteiger partial charge is 0.119 e. The molecule has 0 unspecified atom stereocenters. The lowest BCUT2D eigenvalue weighted by Crippen LogP contribution is -2.46. The summed E-state index contributed by atoms with van der Waals surface area (Å²) in [5.74, 6) is 0. The fourth-order valence-corrected chi connectivity index (χ4v) is 2.28. The van der Waals surface area contributed by atoms with Gasteiger partial charge in [0, 0.05) is 45.7 Å². The van der Waals surface area contributed by atoms with Crippen molar-refractivity contribution in [2.24, 2.45) is 0 Å². The van der Waals surface area contributed by atoms with Gasteiger partial charge in [0.25, 0.3) is 0 Å². The molecule has 0 aromatic rings. The minimum Gasteiger partial charge on any atom is -0.305 e. The first-order valence-corrected chi connectivity index (χ1v) is 7.25. The number of aldehydes is 1. The van der Waals surface area contributed by atoms with Gasteiger partial charge in [0.05, 0.1) is 0 Å². The van der Waals surface area contributed by atoms with Crippen LogP contribution in [0, 0.1) is 0 Å². The van der Waals surface area contributed by atoms with E-state index in [1.165, 1.54) is 45.6 Å². The lowest BCUT2D eigenvalue weighted by molar-refractivity contribution is -0.107. The van der Waals surface area contributed by atoms with Crippen molar-refractivity contribution < 1.29 is 4.79 Å². The molecule has 1 fully saturated rings. The molecular weight excluding hydrogens is 226 g/mol. The van der Waals surface area contributed by atoms with Crippen LogP contribution in [0.25, 0.3) is 0 Å². The largest absolute Gasteiger partial charge is 0.305 e. The number of carbonyl (C=O) groups is 1. The number of hydrogen-bond acceptors (Lipinski definition) is 4. The number of likely N-dealkylation sites (N-methyl/N-ethyl adjacent to an activating group) is 2. The molecule has 4 nitrogen and oxygen atoms in total. The number of rotatable bonds is 9. The molecule has 1 rings (SSSR count). The highest BCUT2D eigenvalue weighted by atomic mass is 16.1. The van der Waals surface area contributed by atoms with E-state index in [1.54, 1.807) is 0 Å². The highest BCUT2D eigenvalue weighted by Crippen LogP contribution is 2.01. The van der Waals surface area contributed by atoms with Crippen LogP contribution in [0.1, 0.15) is 25.7 Å². The van der Waals surface area contributed by atoms with E-state index in [-0.39, 0.29) is 0 Å². The zero-order valence-corrected chi connectivity index (χ0v) is 12.1. The highest BCUT2D eigenvalue weighted by molar-refractivity contribution is 5.48. The molecule has 0 aromatic heterocycles. The van der Waals surface area contributed by atoms with Gasteiger partial charge in [0.15, 0.2) is 0 Å². The monoisotopic (exact) mass is 255 g/mol. The Kier molecular flexibility index (Phi) is 8.22. The molecule has 106 valence electrons. The van der Waals surface area contributed by atoms with Gasteiger partial charge in [-0.1, -0.05) is 6.42 Å². The van der Waals surface area contributed by atoms with Crippen molar-refractivity contribution in [3.63, 3.8) is 0 Å². The summed E-state index contributed by atoms with van der Waals surface area (Å²) in [4.78, 5) is 17.6. The standard InChI is InChI=1S/C14H29N3O/c1-15(7-5-3-4-6-14-18)8-11-17-12-9-16(2)10-13-17/h14H,3-13H2,1-2H3. The molecule has 0 radical (unpaired) electrons. The third-order valence-electron chi connectivity index (χ3n) is 3.76. The molecule has 0 spiro atoms. The van der Waals surface area contributed by atoms with E-state index >= 15 is 0 Å². The molecule has 1 heterocycles. The molecule has 4 heteroatoms. The summed E-state index contributed by atoms with van der Waals surface area (Å²) >= 11 is 0. The summed E-state index contributed by atoms with van der Waals surface area (Å²) in [6.45, 7) is 8.35. The van der Waals surface area contributed by atoms with Crippen LogP contribution in [0.5, 0.6) is 0 Å². The lowest BCUT2D eigenvalue weighted by atomic mass is 10.2. The Morgan fingerprint density at radius 1 is 1.06 bits per heavy atom. The number of nitrogens with zero attached hydrogens (tertiary/aromatic N) is 3. The Balaban J connectivity index is 1.96. The topological polar surface area (TPSA) is 26.8 Å². The number of carbonyl (C=O) groups excluding carboxylic acids is 1. The Morgan fingerprint density at radius 2 is 1.78 bits per heavy atom. The fraction of sp³-hybridized carbons (Fsp3) is 0.929. The minimum atomic E-state index is 0.727. The first kappa shape index (κ1) is 15.6. The summed E-state index contributed by atoms with van der Waals surface area (Å²) in [7, 11) is 4.40. The average Bonchev–Trinajstić information content (AvgIpc) is 2.38. The fourth-order valence-electron chi connectivity index (χ4n) is 2.28. The summed E-state index contributed by atoms with van der Waals surface area (Å²) in [5, 5.41) is 0. The third kappa shape index (κ3) is 7.09. The van der Waals surface area contributed by atoms with Crippen LogP contribution < -0.4 is 0 Å². The Labute approximate surface area is 112 Å². The van der Waals surface area contributed by atoms with Crippen LogP contribution in [-0.2, 0) is 4.79 Å². The van der Waals surface area contributed by atoms with Gasteiger partial charge in [-0.2, -0.15) is 0 Å². The van der Waals surface area contributed by atoms with Crippen LogP contribution in [0.4, 0.5) is 0 Å². The maximum absolute atomic E-state index is 10.2. The molecule has 0 saturated carbocycles. The second kappa shape index (κ2) is 9.48. The molecule has 1 aliphatic heterocycles. The van der Waals surface area contributed by atoms with Crippen molar-refractivity contribution in [2.75, 3.05) is 59.9 Å². The van der Waals surface area contributed by atoms with Crippen molar-refractivity contribution in [2.45, 2.75) is 25.7 Å². The van der Waals surface area contributed by atoms with E-state index in [0.717, 1.165) is 32.2 Å². The number of hydrogen-bond donors (Lipinski definition) is 0. The van der Waals surface area contributed by atoms with Gasteiger partial charge in [0.1, 0.15) is 6.29 Å². The normalized spacial score (nSPS) is 18.4. The third-order valence-corrected chi connectivity index (χ3v) is 3.76.